The molecule has 19 heavy (non-hydrogen) atoms. The average molecular weight is 266 g/mol. The van der Waals surface area contributed by atoms with Gasteiger partial charge in [0.2, 0.25) is 0 Å². The second-order valence-corrected chi connectivity index (χ2v) is 6.30. The van der Waals surface area contributed by atoms with Gasteiger partial charge < -0.3 is 14.9 Å². The zero-order chi connectivity index (χ0) is 13.4. The summed E-state index contributed by atoms with van der Waals surface area (Å²) in [5.41, 5.74) is 0. The fourth-order valence-electron chi connectivity index (χ4n) is 3.91. The second-order valence-electron chi connectivity index (χ2n) is 6.30. The van der Waals surface area contributed by atoms with Crippen molar-refractivity contribution in [2.75, 3.05) is 19.6 Å². The highest BCUT2D eigenvalue weighted by Gasteiger charge is 2.42. The Balaban J connectivity index is 1.50. The quantitative estimate of drug-likeness (QED) is 0.847. The van der Waals surface area contributed by atoms with E-state index in [1.807, 2.05) is 4.90 Å². The largest absolute Gasteiger partial charge is 0.481 e. The number of hydrogen-bond acceptors (Lipinski definition) is 2. The molecule has 0 radical (unpaired) electrons. The van der Waals surface area contributed by atoms with E-state index in [0.717, 1.165) is 32.0 Å². The van der Waals surface area contributed by atoms with Gasteiger partial charge in [-0.2, -0.15) is 0 Å². The van der Waals surface area contributed by atoms with Crippen molar-refractivity contribution >= 4 is 12.0 Å². The monoisotopic (exact) mass is 266 g/mol. The van der Waals surface area contributed by atoms with Gasteiger partial charge in [0.05, 0.1) is 0 Å². The highest BCUT2D eigenvalue weighted by molar-refractivity contribution is 5.75. The van der Waals surface area contributed by atoms with E-state index in [4.69, 9.17) is 5.11 Å². The van der Waals surface area contributed by atoms with Gasteiger partial charge in [0.1, 0.15) is 0 Å². The minimum atomic E-state index is -0.735. The van der Waals surface area contributed by atoms with Crippen molar-refractivity contribution < 1.29 is 14.7 Å². The standard InChI is InChI=1S/C14H22N2O3/c17-13(18)4-2-10-5-6-15(8-10)14(19)16-9-11-1-3-12(16)7-11/h10-12H,1-9H2,(H,17,18). The molecule has 1 saturated carbocycles. The van der Waals surface area contributed by atoms with Gasteiger partial charge in [-0.05, 0) is 43.9 Å². The molecule has 3 aliphatic rings. The van der Waals surface area contributed by atoms with Crippen molar-refractivity contribution in [1.29, 1.82) is 0 Å². The van der Waals surface area contributed by atoms with Gasteiger partial charge in [0.25, 0.3) is 0 Å². The number of aliphatic carboxylic acids is 1. The van der Waals surface area contributed by atoms with Crippen LogP contribution in [0.15, 0.2) is 0 Å². The fourth-order valence-corrected chi connectivity index (χ4v) is 3.91. The first kappa shape index (κ1) is 12.8. The molecule has 106 valence electrons. The molecule has 1 N–H and O–H groups in total. The minimum Gasteiger partial charge on any atom is -0.481 e. The molecular formula is C14H22N2O3. The minimum absolute atomic E-state index is 0.199. The number of amides is 2. The molecule has 2 bridgehead atoms. The maximum absolute atomic E-state index is 12.5. The number of likely N-dealkylation sites (tertiary alicyclic amines) is 2. The molecular weight excluding hydrogens is 244 g/mol. The van der Waals surface area contributed by atoms with Gasteiger partial charge in [-0.25, -0.2) is 4.79 Å². The summed E-state index contributed by atoms with van der Waals surface area (Å²) in [6, 6.07) is 0.681. The fraction of sp³-hybridized carbons (Fsp3) is 0.857. The average Bonchev–Trinajstić information content (AvgIpc) is 3.11. The van der Waals surface area contributed by atoms with Gasteiger partial charge in [-0.15, -0.1) is 0 Å². The van der Waals surface area contributed by atoms with Gasteiger partial charge in [0.15, 0.2) is 0 Å². The van der Waals surface area contributed by atoms with Crippen LogP contribution in [-0.4, -0.2) is 52.6 Å². The molecule has 2 heterocycles. The zero-order valence-corrected chi connectivity index (χ0v) is 11.3. The Labute approximate surface area is 113 Å². The molecule has 3 fully saturated rings. The summed E-state index contributed by atoms with van der Waals surface area (Å²) in [6.45, 7) is 2.50. The van der Waals surface area contributed by atoms with Crippen LogP contribution in [0.1, 0.15) is 38.5 Å². The summed E-state index contributed by atoms with van der Waals surface area (Å²) in [4.78, 5) is 27.0. The highest BCUT2D eigenvalue weighted by atomic mass is 16.4. The third-order valence-corrected chi connectivity index (χ3v) is 4.98. The van der Waals surface area contributed by atoms with E-state index in [1.165, 1.54) is 19.3 Å². The predicted molar refractivity (Wildman–Crippen MR) is 69.8 cm³/mol. The topological polar surface area (TPSA) is 60.9 Å². The Morgan fingerprint density at radius 1 is 1.16 bits per heavy atom. The number of fused-ring (bicyclic) bond motifs is 2. The Bertz CT molecular complexity index is 385. The Kier molecular flexibility index (Phi) is 3.37. The lowest BCUT2D eigenvalue weighted by Gasteiger charge is -2.31. The Morgan fingerprint density at radius 3 is 2.63 bits per heavy atom. The molecule has 3 unspecified atom stereocenters. The van der Waals surface area contributed by atoms with Crippen LogP contribution in [0.25, 0.3) is 0 Å². The van der Waals surface area contributed by atoms with Crippen molar-refractivity contribution in [3.63, 3.8) is 0 Å². The first-order valence-electron chi connectivity index (χ1n) is 7.41. The highest BCUT2D eigenvalue weighted by Crippen LogP contribution is 2.38. The SMILES string of the molecule is O=C(O)CCC1CCN(C(=O)N2CC3CCC2C3)C1. The van der Waals surface area contributed by atoms with Crippen LogP contribution < -0.4 is 0 Å². The van der Waals surface area contributed by atoms with E-state index in [9.17, 15) is 9.59 Å². The van der Waals surface area contributed by atoms with Crippen LogP contribution in [0.5, 0.6) is 0 Å². The molecule has 5 heteroatoms. The molecule has 0 aromatic heterocycles. The molecule has 3 atom stereocenters. The van der Waals surface area contributed by atoms with E-state index in [-0.39, 0.29) is 12.5 Å². The molecule has 0 aromatic rings. The summed E-state index contributed by atoms with van der Waals surface area (Å²) in [5, 5.41) is 8.70. The summed E-state index contributed by atoms with van der Waals surface area (Å²) in [5.74, 6) is 0.376. The number of carbonyl (C=O) groups is 2. The number of urea groups is 1. The lowest BCUT2D eigenvalue weighted by atomic mass is 10.0. The van der Waals surface area contributed by atoms with Crippen LogP contribution >= 0.6 is 0 Å². The number of hydrogen-bond donors (Lipinski definition) is 1. The first-order chi connectivity index (χ1) is 9.13. The Morgan fingerprint density at radius 2 is 2.00 bits per heavy atom. The number of rotatable bonds is 3. The summed E-state index contributed by atoms with van der Waals surface area (Å²) < 4.78 is 0. The summed E-state index contributed by atoms with van der Waals surface area (Å²) >= 11 is 0. The van der Waals surface area contributed by atoms with E-state index in [1.54, 1.807) is 0 Å². The van der Waals surface area contributed by atoms with Gasteiger partial charge in [-0.3, -0.25) is 4.79 Å². The molecule has 2 aliphatic heterocycles. The van der Waals surface area contributed by atoms with Gasteiger partial charge in [0, 0.05) is 32.1 Å². The lowest BCUT2D eigenvalue weighted by Crippen LogP contribution is -2.45. The van der Waals surface area contributed by atoms with Crippen molar-refractivity contribution in [1.82, 2.24) is 9.80 Å². The van der Waals surface area contributed by atoms with Crippen LogP contribution in [0.3, 0.4) is 0 Å². The molecule has 5 nitrogen and oxygen atoms in total. The second kappa shape index (κ2) is 5.02. The third-order valence-electron chi connectivity index (χ3n) is 4.98. The summed E-state index contributed by atoms with van der Waals surface area (Å²) in [7, 11) is 0. The Hall–Kier alpha value is -1.26. The van der Waals surface area contributed by atoms with Crippen LogP contribution in [0, 0.1) is 11.8 Å². The van der Waals surface area contributed by atoms with Gasteiger partial charge >= 0.3 is 12.0 Å². The summed E-state index contributed by atoms with van der Waals surface area (Å²) in [6.07, 6.45) is 5.54. The van der Waals surface area contributed by atoms with E-state index < -0.39 is 5.97 Å². The molecule has 0 aromatic carbocycles. The van der Waals surface area contributed by atoms with Crippen LogP contribution in [0.4, 0.5) is 4.79 Å². The van der Waals surface area contributed by atoms with Crippen molar-refractivity contribution in [2.45, 2.75) is 44.6 Å². The van der Waals surface area contributed by atoms with E-state index >= 15 is 0 Å². The molecule has 3 rings (SSSR count). The molecule has 2 amide bonds. The number of carbonyl (C=O) groups excluding carboxylic acids is 1. The van der Waals surface area contributed by atoms with Crippen molar-refractivity contribution in [3.8, 4) is 0 Å². The molecule has 0 spiro atoms. The maximum Gasteiger partial charge on any atom is 0.320 e. The zero-order valence-electron chi connectivity index (χ0n) is 11.3. The van der Waals surface area contributed by atoms with Crippen molar-refractivity contribution in [2.24, 2.45) is 11.8 Å². The predicted octanol–water partition coefficient (Wildman–Crippen LogP) is 1.78. The van der Waals surface area contributed by atoms with Crippen molar-refractivity contribution in [3.05, 3.63) is 0 Å². The van der Waals surface area contributed by atoms with Gasteiger partial charge in [-0.1, -0.05) is 0 Å². The normalized spacial score (nSPS) is 33.2. The molecule has 2 saturated heterocycles. The first-order valence-corrected chi connectivity index (χ1v) is 7.41. The van der Waals surface area contributed by atoms with E-state index in [0.29, 0.717) is 18.4 Å². The van der Waals surface area contributed by atoms with Crippen LogP contribution in [0.2, 0.25) is 0 Å². The number of carboxylic acids is 1. The van der Waals surface area contributed by atoms with E-state index in [2.05, 4.69) is 4.90 Å². The number of nitrogens with zero attached hydrogens (tertiary/aromatic N) is 2. The van der Waals surface area contributed by atoms with Crippen LogP contribution in [-0.2, 0) is 4.79 Å². The number of piperidine rings is 1. The third kappa shape index (κ3) is 2.55. The lowest BCUT2D eigenvalue weighted by molar-refractivity contribution is -0.137. The number of carboxylic acid groups (broad SMARTS) is 1. The maximum atomic E-state index is 12.5. The smallest absolute Gasteiger partial charge is 0.320 e. The molecule has 1 aliphatic carbocycles.